The van der Waals surface area contributed by atoms with Gasteiger partial charge in [0.25, 0.3) is 0 Å². The Kier molecular flexibility index (Phi) is 4.53. The minimum Gasteiger partial charge on any atom is -0.444 e. The topological polar surface area (TPSA) is 81.2 Å². The van der Waals surface area contributed by atoms with Gasteiger partial charge in [0.05, 0.1) is 12.2 Å². The second kappa shape index (κ2) is 6.75. The molecule has 1 aromatic heterocycles. The standard InChI is InChI=1S/C17H21N3O2/c18-9-13-7-4-8-15(13)16(21)19-10-14-11-22-17(20-14)12-5-2-1-3-6-12/h1-3,5-6,11,13,15H,4,7-10,18H2,(H,19,21)/t13-,15-/m1/s1. The molecule has 22 heavy (non-hydrogen) atoms. The average molecular weight is 299 g/mol. The number of rotatable bonds is 5. The van der Waals surface area contributed by atoms with Gasteiger partial charge >= 0.3 is 0 Å². The van der Waals surface area contributed by atoms with Crippen LogP contribution in [0.1, 0.15) is 25.0 Å². The van der Waals surface area contributed by atoms with Crippen LogP contribution in [0.15, 0.2) is 41.0 Å². The molecule has 1 heterocycles. The van der Waals surface area contributed by atoms with Gasteiger partial charge in [-0.25, -0.2) is 4.98 Å². The number of aromatic nitrogens is 1. The van der Waals surface area contributed by atoms with Crippen molar-refractivity contribution in [2.24, 2.45) is 17.6 Å². The van der Waals surface area contributed by atoms with Crippen molar-refractivity contribution in [3.63, 3.8) is 0 Å². The lowest BCUT2D eigenvalue weighted by Gasteiger charge is -2.16. The third-order valence-electron chi connectivity index (χ3n) is 4.31. The number of nitrogens with two attached hydrogens (primary N) is 1. The van der Waals surface area contributed by atoms with Crippen LogP contribution in [0.3, 0.4) is 0 Å². The third kappa shape index (κ3) is 3.20. The second-order valence-corrected chi connectivity index (χ2v) is 5.76. The van der Waals surface area contributed by atoms with Crippen molar-refractivity contribution in [1.82, 2.24) is 10.3 Å². The molecule has 1 aliphatic rings. The van der Waals surface area contributed by atoms with Crippen LogP contribution in [0.25, 0.3) is 11.5 Å². The molecule has 0 radical (unpaired) electrons. The molecular formula is C17H21N3O2. The quantitative estimate of drug-likeness (QED) is 0.888. The highest BCUT2D eigenvalue weighted by molar-refractivity contribution is 5.79. The Morgan fingerprint density at radius 1 is 1.32 bits per heavy atom. The molecule has 2 aromatic rings. The van der Waals surface area contributed by atoms with E-state index < -0.39 is 0 Å². The Morgan fingerprint density at radius 3 is 2.91 bits per heavy atom. The molecule has 0 bridgehead atoms. The number of carbonyl (C=O) groups is 1. The molecular weight excluding hydrogens is 278 g/mol. The van der Waals surface area contributed by atoms with Gasteiger partial charge in [-0.3, -0.25) is 4.79 Å². The Hall–Kier alpha value is -2.14. The molecule has 5 nitrogen and oxygen atoms in total. The zero-order valence-electron chi connectivity index (χ0n) is 12.5. The fourth-order valence-corrected chi connectivity index (χ4v) is 3.07. The van der Waals surface area contributed by atoms with Crippen LogP contribution in [-0.2, 0) is 11.3 Å². The van der Waals surface area contributed by atoms with Crippen molar-refractivity contribution in [2.75, 3.05) is 6.54 Å². The van der Waals surface area contributed by atoms with Crippen LogP contribution in [0.2, 0.25) is 0 Å². The molecule has 2 atom stereocenters. The number of benzene rings is 1. The smallest absolute Gasteiger partial charge is 0.226 e. The highest BCUT2D eigenvalue weighted by Gasteiger charge is 2.31. The lowest BCUT2D eigenvalue weighted by molar-refractivity contribution is -0.126. The van der Waals surface area contributed by atoms with E-state index in [0.29, 0.717) is 24.9 Å². The van der Waals surface area contributed by atoms with Crippen molar-refractivity contribution in [3.8, 4) is 11.5 Å². The monoisotopic (exact) mass is 299 g/mol. The van der Waals surface area contributed by atoms with Crippen molar-refractivity contribution < 1.29 is 9.21 Å². The molecule has 5 heteroatoms. The first-order valence-corrected chi connectivity index (χ1v) is 7.75. The molecule has 1 amide bonds. The summed E-state index contributed by atoms with van der Waals surface area (Å²) in [4.78, 5) is 16.7. The Bertz CT molecular complexity index is 624. The molecule has 0 unspecified atom stereocenters. The van der Waals surface area contributed by atoms with Crippen molar-refractivity contribution in [2.45, 2.75) is 25.8 Å². The average Bonchev–Trinajstić information content (AvgIpc) is 3.22. The van der Waals surface area contributed by atoms with Crippen LogP contribution < -0.4 is 11.1 Å². The fraction of sp³-hybridized carbons (Fsp3) is 0.412. The second-order valence-electron chi connectivity index (χ2n) is 5.76. The number of nitrogens with one attached hydrogen (secondary N) is 1. The molecule has 0 saturated heterocycles. The first-order valence-electron chi connectivity index (χ1n) is 7.75. The molecule has 1 fully saturated rings. The summed E-state index contributed by atoms with van der Waals surface area (Å²) in [6.45, 7) is 0.975. The lowest BCUT2D eigenvalue weighted by atomic mass is 9.95. The minimum atomic E-state index is 0.0468. The number of amides is 1. The zero-order chi connectivity index (χ0) is 15.4. The van der Waals surface area contributed by atoms with Gasteiger partial charge < -0.3 is 15.5 Å². The number of hydrogen-bond donors (Lipinski definition) is 2. The molecule has 3 rings (SSSR count). The summed E-state index contributed by atoms with van der Waals surface area (Å²) in [5.41, 5.74) is 7.39. The van der Waals surface area contributed by atoms with Crippen LogP contribution in [0.4, 0.5) is 0 Å². The maximum Gasteiger partial charge on any atom is 0.226 e. The predicted molar refractivity (Wildman–Crippen MR) is 83.7 cm³/mol. The van der Waals surface area contributed by atoms with Crippen LogP contribution in [0, 0.1) is 11.8 Å². The van der Waals surface area contributed by atoms with E-state index in [4.69, 9.17) is 10.2 Å². The van der Waals surface area contributed by atoms with Gasteiger partial charge in [-0.05, 0) is 37.4 Å². The summed E-state index contributed by atoms with van der Waals surface area (Å²) in [5, 5.41) is 2.95. The normalized spacial score (nSPS) is 21.0. The maximum atomic E-state index is 12.2. The Labute approximate surface area is 129 Å². The van der Waals surface area contributed by atoms with Gasteiger partial charge in [0.1, 0.15) is 6.26 Å². The van der Waals surface area contributed by atoms with Crippen LogP contribution >= 0.6 is 0 Å². The van der Waals surface area contributed by atoms with E-state index in [0.717, 1.165) is 30.5 Å². The first kappa shape index (κ1) is 14.8. The van der Waals surface area contributed by atoms with Crippen molar-refractivity contribution >= 4 is 5.91 Å². The SMILES string of the molecule is NC[C@H]1CCC[C@H]1C(=O)NCc1coc(-c2ccccc2)n1. The van der Waals surface area contributed by atoms with E-state index in [2.05, 4.69) is 10.3 Å². The summed E-state index contributed by atoms with van der Waals surface area (Å²) in [6.07, 6.45) is 4.66. The highest BCUT2D eigenvalue weighted by Crippen LogP contribution is 2.31. The van der Waals surface area contributed by atoms with Gasteiger partial charge in [-0.2, -0.15) is 0 Å². The van der Waals surface area contributed by atoms with Crippen LogP contribution in [-0.4, -0.2) is 17.4 Å². The zero-order valence-corrected chi connectivity index (χ0v) is 12.5. The summed E-state index contributed by atoms with van der Waals surface area (Å²) in [6, 6.07) is 9.71. The van der Waals surface area contributed by atoms with E-state index >= 15 is 0 Å². The predicted octanol–water partition coefficient (Wildman–Crippen LogP) is 2.33. The minimum absolute atomic E-state index is 0.0468. The number of hydrogen-bond acceptors (Lipinski definition) is 4. The van der Waals surface area contributed by atoms with Crippen molar-refractivity contribution in [1.29, 1.82) is 0 Å². The molecule has 0 aliphatic heterocycles. The van der Waals surface area contributed by atoms with Gasteiger partial charge in [-0.15, -0.1) is 0 Å². The summed E-state index contributed by atoms with van der Waals surface area (Å²) in [7, 11) is 0. The summed E-state index contributed by atoms with van der Waals surface area (Å²) >= 11 is 0. The third-order valence-corrected chi connectivity index (χ3v) is 4.31. The fourth-order valence-electron chi connectivity index (χ4n) is 3.07. The molecule has 1 aliphatic carbocycles. The Balaban J connectivity index is 1.58. The number of carbonyl (C=O) groups excluding carboxylic acids is 1. The van der Waals surface area contributed by atoms with E-state index in [-0.39, 0.29) is 11.8 Å². The largest absolute Gasteiger partial charge is 0.444 e. The number of oxazole rings is 1. The first-order chi connectivity index (χ1) is 10.8. The van der Waals surface area contributed by atoms with Gasteiger partial charge in [0.15, 0.2) is 0 Å². The highest BCUT2D eigenvalue weighted by atomic mass is 16.3. The van der Waals surface area contributed by atoms with E-state index in [1.54, 1.807) is 6.26 Å². The molecule has 3 N–H and O–H groups in total. The summed E-state index contributed by atoms with van der Waals surface area (Å²) in [5.74, 6) is 1.02. The van der Waals surface area contributed by atoms with Gasteiger partial charge in [0, 0.05) is 11.5 Å². The Morgan fingerprint density at radius 2 is 2.14 bits per heavy atom. The molecule has 0 spiro atoms. The number of nitrogens with zero attached hydrogens (tertiary/aromatic N) is 1. The maximum absolute atomic E-state index is 12.2. The molecule has 1 aromatic carbocycles. The van der Waals surface area contributed by atoms with E-state index in [1.165, 1.54) is 0 Å². The molecule has 1 saturated carbocycles. The van der Waals surface area contributed by atoms with Gasteiger partial charge in [0.2, 0.25) is 11.8 Å². The van der Waals surface area contributed by atoms with E-state index in [9.17, 15) is 4.79 Å². The van der Waals surface area contributed by atoms with Crippen LogP contribution in [0.5, 0.6) is 0 Å². The lowest BCUT2D eigenvalue weighted by Crippen LogP contribution is -2.34. The van der Waals surface area contributed by atoms with Gasteiger partial charge in [-0.1, -0.05) is 24.6 Å². The van der Waals surface area contributed by atoms with E-state index in [1.807, 2.05) is 30.3 Å². The summed E-state index contributed by atoms with van der Waals surface area (Å²) < 4.78 is 5.47. The van der Waals surface area contributed by atoms with Crippen molar-refractivity contribution in [3.05, 3.63) is 42.3 Å². The molecule has 116 valence electrons.